The molecule has 2 atom stereocenters. The van der Waals surface area contributed by atoms with Crippen molar-refractivity contribution in [2.45, 2.75) is 37.6 Å². The van der Waals surface area contributed by atoms with Gasteiger partial charge < -0.3 is 29.5 Å². The van der Waals surface area contributed by atoms with Crippen molar-refractivity contribution < 1.29 is 33.7 Å². The van der Waals surface area contributed by atoms with Crippen LogP contribution in [0.25, 0.3) is 0 Å². The summed E-state index contributed by atoms with van der Waals surface area (Å²) in [4.78, 5) is 42.7. The van der Waals surface area contributed by atoms with Gasteiger partial charge in [-0.25, -0.2) is 9.78 Å². The van der Waals surface area contributed by atoms with Crippen LogP contribution in [0.2, 0.25) is 0 Å². The van der Waals surface area contributed by atoms with Crippen molar-refractivity contribution in [3.8, 4) is 5.75 Å². The highest BCUT2D eigenvalue weighted by atomic mass is 32.1. The van der Waals surface area contributed by atoms with Crippen LogP contribution in [0, 0.1) is 0 Å². The maximum absolute atomic E-state index is 13.8. The van der Waals surface area contributed by atoms with E-state index in [9.17, 15) is 14.7 Å². The average Bonchev–Trinajstić information content (AvgIpc) is 3.80. The zero-order valence-corrected chi connectivity index (χ0v) is 35.8. The lowest BCUT2D eigenvalue weighted by Gasteiger charge is -2.36. The number of methoxy groups -OCH3 is 1. The molecule has 0 fully saturated rings. The Hall–Kier alpha value is -7.51. The van der Waals surface area contributed by atoms with Gasteiger partial charge in [0.05, 0.1) is 13.7 Å². The van der Waals surface area contributed by atoms with E-state index in [2.05, 4.69) is 10.5 Å². The van der Waals surface area contributed by atoms with Crippen molar-refractivity contribution in [2.24, 2.45) is 10.1 Å². The number of aromatic nitrogens is 1. The number of allylic oxidation sites excluding steroid dienone is 1. The van der Waals surface area contributed by atoms with Crippen molar-refractivity contribution in [1.29, 1.82) is 0 Å². The Kier molecular flexibility index (Phi) is 13.6. The molecule has 1 aromatic heterocycles. The second kappa shape index (κ2) is 20.1. The highest BCUT2D eigenvalue weighted by molar-refractivity contribution is 7.14. The first-order valence-electron chi connectivity index (χ1n) is 20.5. The molecule has 2 N–H and O–H groups in total. The summed E-state index contributed by atoms with van der Waals surface area (Å²) in [6.45, 7) is 1.71. The molecule has 0 saturated heterocycles. The number of ketones is 1. The number of hydrogen-bond acceptors (Lipinski definition) is 11. The van der Waals surface area contributed by atoms with Crippen LogP contribution in [0.5, 0.6) is 5.75 Å². The van der Waals surface area contributed by atoms with Crippen molar-refractivity contribution >= 4 is 39.6 Å². The van der Waals surface area contributed by atoms with Crippen molar-refractivity contribution in [1.82, 2.24) is 4.98 Å². The molecule has 0 radical (unpaired) electrons. The van der Waals surface area contributed by atoms with E-state index in [1.165, 1.54) is 17.4 Å². The molecule has 2 heterocycles. The number of carboxylic acid groups (broad SMARTS) is 1. The maximum atomic E-state index is 13.8. The Balaban J connectivity index is 1.18. The highest BCUT2D eigenvalue weighted by Crippen LogP contribution is 2.41. The van der Waals surface area contributed by atoms with Crippen molar-refractivity contribution in [3.05, 3.63) is 232 Å². The lowest BCUT2D eigenvalue weighted by molar-refractivity contribution is -0.137. The smallest absolute Gasteiger partial charge is 0.360 e. The minimum atomic E-state index is -1.52. The van der Waals surface area contributed by atoms with E-state index in [-0.39, 0.29) is 23.8 Å². The summed E-state index contributed by atoms with van der Waals surface area (Å²) in [5.41, 5.74) is 4.21. The molecular weight excluding hydrogens is 825 g/mol. The number of anilines is 1. The second-order valence-corrected chi connectivity index (χ2v) is 15.7. The lowest BCUT2D eigenvalue weighted by Crippen LogP contribution is -2.44. The van der Waals surface area contributed by atoms with Gasteiger partial charge in [0.1, 0.15) is 28.8 Å². The number of rotatable bonds is 18. The number of carbonyl (C=O) groups is 2. The minimum absolute atomic E-state index is 0.0362. The van der Waals surface area contributed by atoms with E-state index < -0.39 is 35.7 Å². The molecule has 0 bridgehead atoms. The maximum Gasteiger partial charge on any atom is 0.360 e. The summed E-state index contributed by atoms with van der Waals surface area (Å²) in [7, 11) is 1.58. The first-order valence-corrected chi connectivity index (χ1v) is 21.4. The summed E-state index contributed by atoms with van der Waals surface area (Å²) in [5, 5.41) is 20.7. The number of oxime groups is 1. The summed E-state index contributed by atoms with van der Waals surface area (Å²) >= 11 is 1.22. The molecule has 1 aliphatic rings. The molecule has 11 nitrogen and oxygen atoms in total. The van der Waals surface area contributed by atoms with Gasteiger partial charge in [-0.2, -0.15) is 0 Å². The Morgan fingerprint density at radius 2 is 1.28 bits per heavy atom. The van der Waals surface area contributed by atoms with Crippen LogP contribution in [-0.4, -0.2) is 52.8 Å². The standard InChI is InChI=1S/C52H44N4O7S/c1-35-32-44(57)48(61-33-36-28-30-42(60-2)31-29-36)46(53-35)50(62-47(37-18-8-3-9-19-37)38-20-10-4-11-21-38)63-56-45(49(58)59)43-34-64-51(54-43)55-52(39-22-12-5-13-23-39,40-24-14-6-15-25-40)41-26-16-7-17-27-41/h3-32,34,47-48,50H,33H2,1-2H3,(H,54,55)(H,58,59)/b56-45-. The predicted molar refractivity (Wildman–Crippen MR) is 248 cm³/mol. The second-order valence-electron chi connectivity index (χ2n) is 14.8. The molecule has 320 valence electrons. The number of nitrogens with zero attached hydrogens (tertiary/aromatic N) is 3. The molecule has 7 aromatic rings. The molecule has 2 unspecified atom stereocenters. The van der Waals surface area contributed by atoms with Crippen molar-refractivity contribution in [3.63, 3.8) is 0 Å². The Labute approximate surface area is 375 Å². The van der Waals surface area contributed by atoms with Gasteiger partial charge in [0.25, 0.3) is 6.29 Å². The van der Waals surface area contributed by atoms with Crippen LogP contribution in [0.15, 0.2) is 203 Å². The lowest BCUT2D eigenvalue weighted by atomic mass is 9.77. The monoisotopic (exact) mass is 868 g/mol. The van der Waals surface area contributed by atoms with E-state index >= 15 is 0 Å². The third-order valence-electron chi connectivity index (χ3n) is 10.6. The van der Waals surface area contributed by atoms with Crippen LogP contribution < -0.4 is 10.1 Å². The van der Waals surface area contributed by atoms with Gasteiger partial charge in [0.2, 0.25) is 5.71 Å². The Bertz CT molecular complexity index is 2610. The molecule has 8 rings (SSSR count). The van der Waals surface area contributed by atoms with Crippen LogP contribution in [0.1, 0.15) is 52.1 Å². The fourth-order valence-electron chi connectivity index (χ4n) is 7.52. The number of benzene rings is 6. The normalized spacial score (nSPS) is 14.6. The molecule has 1 aliphatic heterocycles. The molecule has 6 aromatic carbocycles. The molecule has 0 amide bonds. The quantitative estimate of drug-likeness (QED) is 0.0373. The number of thiazole rings is 1. The van der Waals surface area contributed by atoms with Gasteiger partial charge in [-0.1, -0.05) is 169 Å². The zero-order chi connectivity index (χ0) is 44.3. The topological polar surface area (TPSA) is 141 Å². The molecular formula is C52H44N4O7S. The van der Waals surface area contributed by atoms with E-state index in [1.54, 1.807) is 31.5 Å². The van der Waals surface area contributed by atoms with Gasteiger partial charge in [-0.15, -0.1) is 11.3 Å². The van der Waals surface area contributed by atoms with Crippen LogP contribution in [-0.2, 0) is 36.0 Å². The van der Waals surface area contributed by atoms with Crippen LogP contribution >= 0.6 is 11.3 Å². The first-order chi connectivity index (χ1) is 31.3. The van der Waals surface area contributed by atoms with Gasteiger partial charge in [-0.05, 0) is 52.4 Å². The minimum Gasteiger partial charge on any atom is -0.497 e. The van der Waals surface area contributed by atoms with Crippen LogP contribution in [0.4, 0.5) is 5.13 Å². The first kappa shape index (κ1) is 43.2. The third-order valence-corrected chi connectivity index (χ3v) is 11.3. The highest BCUT2D eigenvalue weighted by Gasteiger charge is 2.39. The number of nitrogens with one attached hydrogen (secondary N) is 1. The zero-order valence-electron chi connectivity index (χ0n) is 35.0. The summed E-state index contributed by atoms with van der Waals surface area (Å²) in [6, 6.07) is 56.2. The number of aliphatic imine (C=N–C) groups is 1. The van der Waals surface area contributed by atoms with Crippen molar-refractivity contribution in [2.75, 3.05) is 12.4 Å². The molecule has 0 saturated carbocycles. The molecule has 12 heteroatoms. The van der Waals surface area contributed by atoms with Gasteiger partial charge in [-0.3, -0.25) is 9.79 Å². The van der Waals surface area contributed by atoms with E-state index in [0.717, 1.165) is 33.4 Å². The van der Waals surface area contributed by atoms with Gasteiger partial charge in [0, 0.05) is 17.2 Å². The van der Waals surface area contributed by atoms with Gasteiger partial charge in [0.15, 0.2) is 17.0 Å². The van der Waals surface area contributed by atoms with Gasteiger partial charge >= 0.3 is 5.97 Å². The van der Waals surface area contributed by atoms with E-state index in [0.29, 0.717) is 16.6 Å². The van der Waals surface area contributed by atoms with E-state index in [4.69, 9.17) is 29.0 Å². The average molecular weight is 869 g/mol. The van der Waals surface area contributed by atoms with Crippen LogP contribution in [0.3, 0.4) is 0 Å². The molecule has 0 aliphatic carbocycles. The molecule has 0 spiro atoms. The number of aliphatic carboxylic acids is 1. The number of carbonyl (C=O) groups excluding carboxylic acids is 1. The van der Waals surface area contributed by atoms with E-state index in [1.807, 2.05) is 164 Å². The molecule has 64 heavy (non-hydrogen) atoms. The SMILES string of the molecule is COc1ccc(COC2C(=O)C=C(C)N=C2C(O/N=C(\C(=O)O)c2csc(NC(c3ccccc3)(c3ccccc3)c3ccccc3)n2)OC(c2ccccc2)c2ccccc2)cc1. The number of carboxylic acids is 1. The largest absolute Gasteiger partial charge is 0.497 e. The summed E-state index contributed by atoms with van der Waals surface area (Å²) < 4.78 is 18.4. The predicted octanol–water partition coefficient (Wildman–Crippen LogP) is 10.0. The number of hydrogen-bond donors (Lipinski definition) is 2. The third kappa shape index (κ3) is 9.74. The fourth-order valence-corrected chi connectivity index (χ4v) is 8.27. The summed E-state index contributed by atoms with van der Waals surface area (Å²) in [5.74, 6) is -1.12. The fraction of sp³-hybridized carbons (Fsp3) is 0.135. The Morgan fingerprint density at radius 1 is 0.766 bits per heavy atom. The summed E-state index contributed by atoms with van der Waals surface area (Å²) in [6.07, 6.45) is -2.16. The number of ether oxygens (including phenoxy) is 3. The Morgan fingerprint density at radius 3 is 1.78 bits per heavy atom.